The molecule has 1 aromatic rings. The minimum Gasteiger partial charge on any atom is -0.394 e. The summed E-state index contributed by atoms with van der Waals surface area (Å²) in [5, 5.41) is 17.7. The molecule has 0 bridgehead atoms. The number of hydrogen-bond acceptors (Lipinski definition) is 8. The van der Waals surface area contributed by atoms with E-state index in [1.807, 2.05) is 52.0 Å². The van der Waals surface area contributed by atoms with Crippen molar-refractivity contribution in [3.05, 3.63) is 35.4 Å². The number of guanidine groups is 1. The van der Waals surface area contributed by atoms with Crippen LogP contribution in [0.5, 0.6) is 0 Å². The fraction of sp³-hybridized carbons (Fsp3) is 0.613. The standard InChI is InChI=1S/C31H51N9O6/c1-17(2)12-23(27(43)37-22(26(33)42)10-7-11-36-31(34)35)38-28(44)24(13-18(3)4)39-29(45)25-14-19-8-5-6-9-20(19)15-40(25)30(46)21(32)16-41/h5-6,8-9,17-18,21-25,41H,7,10-16,32H2,1-4H3,(H2,33,42)(H,37,43)(H,38,44)(H,39,45)(H4,34,35,36)/t21-,22-,23-,24-,25-/m0/s1. The molecule has 0 unspecified atom stereocenters. The molecule has 256 valence electrons. The van der Waals surface area contributed by atoms with E-state index >= 15 is 0 Å². The van der Waals surface area contributed by atoms with Crippen molar-refractivity contribution in [3.8, 4) is 0 Å². The molecule has 0 saturated heterocycles. The van der Waals surface area contributed by atoms with Crippen molar-refractivity contribution in [2.75, 3.05) is 13.2 Å². The van der Waals surface area contributed by atoms with Gasteiger partial charge in [-0.05, 0) is 48.6 Å². The average Bonchev–Trinajstić information content (AvgIpc) is 2.99. The molecule has 0 fully saturated rings. The van der Waals surface area contributed by atoms with Gasteiger partial charge >= 0.3 is 0 Å². The number of carbonyl (C=O) groups excluding carboxylic acids is 5. The molecule has 1 aromatic carbocycles. The van der Waals surface area contributed by atoms with Gasteiger partial charge in [0.1, 0.15) is 30.2 Å². The normalized spacial score (nSPS) is 16.9. The van der Waals surface area contributed by atoms with Gasteiger partial charge in [-0.3, -0.25) is 29.0 Å². The Morgan fingerprint density at radius 3 is 1.96 bits per heavy atom. The van der Waals surface area contributed by atoms with Crippen molar-refractivity contribution in [2.24, 2.45) is 39.8 Å². The van der Waals surface area contributed by atoms with Crippen LogP contribution in [0.1, 0.15) is 64.5 Å². The number of hydrogen-bond donors (Lipinski definition) is 8. The zero-order valence-corrected chi connectivity index (χ0v) is 27.2. The molecule has 15 nitrogen and oxygen atoms in total. The Morgan fingerprint density at radius 1 is 0.891 bits per heavy atom. The highest BCUT2D eigenvalue weighted by Crippen LogP contribution is 2.24. The van der Waals surface area contributed by atoms with Crippen LogP contribution in [0.3, 0.4) is 0 Å². The number of aliphatic imine (C=N–C) groups is 1. The summed E-state index contributed by atoms with van der Waals surface area (Å²) in [6, 6.07) is 2.14. The lowest BCUT2D eigenvalue weighted by atomic mass is 9.92. The third-order valence-electron chi connectivity index (χ3n) is 7.63. The number of rotatable bonds is 17. The monoisotopic (exact) mass is 645 g/mol. The Morgan fingerprint density at radius 2 is 1.43 bits per heavy atom. The molecule has 1 aliphatic rings. The molecule has 5 amide bonds. The number of nitrogens with two attached hydrogens (primary N) is 4. The van der Waals surface area contributed by atoms with E-state index in [0.29, 0.717) is 6.42 Å². The van der Waals surface area contributed by atoms with E-state index in [0.717, 1.165) is 11.1 Å². The lowest BCUT2D eigenvalue weighted by Crippen LogP contribution is -2.61. The Bertz CT molecular complexity index is 1250. The van der Waals surface area contributed by atoms with Crippen LogP contribution < -0.4 is 38.9 Å². The van der Waals surface area contributed by atoms with Gasteiger partial charge in [-0.1, -0.05) is 52.0 Å². The molecule has 0 spiro atoms. The Balaban J connectivity index is 2.25. The van der Waals surface area contributed by atoms with Crippen LogP contribution in [0.25, 0.3) is 0 Å². The van der Waals surface area contributed by atoms with Crippen molar-refractivity contribution < 1.29 is 29.1 Å². The second-order valence-corrected chi connectivity index (χ2v) is 12.5. The number of fused-ring (bicyclic) bond motifs is 1. The summed E-state index contributed by atoms with van der Waals surface area (Å²) in [4.78, 5) is 71.2. The van der Waals surface area contributed by atoms with E-state index in [2.05, 4.69) is 20.9 Å². The largest absolute Gasteiger partial charge is 0.394 e. The summed E-state index contributed by atoms with van der Waals surface area (Å²) in [6.45, 7) is 7.30. The lowest BCUT2D eigenvalue weighted by molar-refractivity contribution is -0.144. The maximum atomic E-state index is 13.8. The van der Waals surface area contributed by atoms with E-state index in [-0.39, 0.29) is 56.6 Å². The van der Waals surface area contributed by atoms with Crippen LogP contribution in [0, 0.1) is 11.8 Å². The third kappa shape index (κ3) is 11.6. The van der Waals surface area contributed by atoms with Crippen molar-refractivity contribution in [2.45, 2.75) is 96.6 Å². The summed E-state index contributed by atoms with van der Waals surface area (Å²) in [7, 11) is 0. The Labute approximate surface area is 270 Å². The zero-order chi connectivity index (χ0) is 34.6. The second kappa shape index (κ2) is 18.0. The van der Waals surface area contributed by atoms with Gasteiger partial charge in [0.25, 0.3) is 0 Å². The van der Waals surface area contributed by atoms with Crippen LogP contribution in [-0.2, 0) is 36.9 Å². The zero-order valence-electron chi connectivity index (χ0n) is 27.2. The van der Waals surface area contributed by atoms with E-state index in [1.165, 1.54) is 4.90 Å². The van der Waals surface area contributed by atoms with Gasteiger partial charge in [0.2, 0.25) is 29.5 Å². The summed E-state index contributed by atoms with van der Waals surface area (Å²) in [5.74, 6) is -3.21. The van der Waals surface area contributed by atoms with Crippen molar-refractivity contribution >= 4 is 35.5 Å². The fourth-order valence-corrected chi connectivity index (χ4v) is 5.29. The predicted octanol–water partition coefficient (Wildman–Crippen LogP) is -1.65. The highest BCUT2D eigenvalue weighted by molar-refractivity contribution is 5.96. The summed E-state index contributed by atoms with van der Waals surface area (Å²) >= 11 is 0. The number of amides is 5. The van der Waals surface area contributed by atoms with Gasteiger partial charge in [0.15, 0.2) is 5.96 Å². The highest BCUT2D eigenvalue weighted by atomic mass is 16.3. The molecule has 0 aliphatic carbocycles. The first-order valence-electron chi connectivity index (χ1n) is 15.6. The van der Waals surface area contributed by atoms with Crippen LogP contribution in [0.2, 0.25) is 0 Å². The van der Waals surface area contributed by atoms with Crippen molar-refractivity contribution in [1.29, 1.82) is 0 Å². The molecule has 0 radical (unpaired) electrons. The first kappa shape index (κ1) is 37.9. The maximum Gasteiger partial charge on any atom is 0.243 e. The van der Waals surface area contributed by atoms with Gasteiger partial charge in [-0.15, -0.1) is 0 Å². The summed E-state index contributed by atoms with van der Waals surface area (Å²) in [6.07, 6.45) is 1.25. The van der Waals surface area contributed by atoms with Crippen molar-refractivity contribution in [3.63, 3.8) is 0 Å². The molecule has 12 N–H and O–H groups in total. The molecular formula is C31H51N9O6. The molecule has 2 rings (SSSR count). The van der Waals surface area contributed by atoms with Gasteiger partial charge in [0.05, 0.1) is 6.61 Å². The quantitative estimate of drug-likeness (QED) is 0.0547. The molecule has 1 aliphatic heterocycles. The summed E-state index contributed by atoms with van der Waals surface area (Å²) < 4.78 is 0. The minimum absolute atomic E-state index is 0.0132. The second-order valence-electron chi connectivity index (χ2n) is 12.5. The maximum absolute atomic E-state index is 13.8. The molecule has 46 heavy (non-hydrogen) atoms. The van der Waals surface area contributed by atoms with Crippen molar-refractivity contribution in [1.82, 2.24) is 20.9 Å². The van der Waals surface area contributed by atoms with E-state index < -0.39 is 66.4 Å². The SMILES string of the molecule is CC(C)C[C@H](NC(=O)[C@H](CC(C)C)NC(=O)[C@@H]1Cc2ccccc2CN1C(=O)[C@@H](N)CO)C(=O)N[C@@H](CCCN=C(N)N)C(N)=O. The molecule has 1 heterocycles. The molecule has 5 atom stereocenters. The summed E-state index contributed by atoms with van der Waals surface area (Å²) in [5.41, 5.74) is 23.8. The molecule has 15 heteroatoms. The van der Waals surface area contributed by atoms with Gasteiger partial charge < -0.3 is 48.9 Å². The number of nitrogens with one attached hydrogen (secondary N) is 3. The molecule has 0 saturated carbocycles. The van der Waals surface area contributed by atoms with Crippen LogP contribution in [-0.4, -0.2) is 88.9 Å². The topological polar surface area (TPSA) is 261 Å². The lowest BCUT2D eigenvalue weighted by Gasteiger charge is -2.38. The average molecular weight is 646 g/mol. The number of nitrogens with zero attached hydrogens (tertiary/aromatic N) is 2. The van der Waals surface area contributed by atoms with Crippen LogP contribution in [0.15, 0.2) is 29.3 Å². The smallest absolute Gasteiger partial charge is 0.243 e. The van der Waals surface area contributed by atoms with Gasteiger partial charge in [0, 0.05) is 19.5 Å². The molecule has 0 aromatic heterocycles. The molecular weight excluding hydrogens is 594 g/mol. The number of carbonyl (C=O) groups is 5. The fourth-order valence-electron chi connectivity index (χ4n) is 5.29. The Hall–Kier alpha value is -4.24. The first-order valence-corrected chi connectivity index (χ1v) is 15.6. The number of aliphatic hydroxyl groups is 1. The third-order valence-corrected chi connectivity index (χ3v) is 7.63. The van der Waals surface area contributed by atoms with Crippen LogP contribution >= 0.6 is 0 Å². The van der Waals surface area contributed by atoms with E-state index in [9.17, 15) is 29.1 Å². The highest BCUT2D eigenvalue weighted by Gasteiger charge is 2.38. The van der Waals surface area contributed by atoms with Gasteiger partial charge in [-0.25, -0.2) is 0 Å². The predicted molar refractivity (Wildman–Crippen MR) is 173 cm³/mol. The number of primary amides is 1. The van der Waals surface area contributed by atoms with Crippen LogP contribution in [0.4, 0.5) is 0 Å². The minimum atomic E-state index is -1.21. The first-order chi connectivity index (χ1) is 21.6. The number of benzene rings is 1. The van der Waals surface area contributed by atoms with Gasteiger partial charge in [-0.2, -0.15) is 0 Å². The van der Waals surface area contributed by atoms with E-state index in [1.54, 1.807) is 0 Å². The van der Waals surface area contributed by atoms with E-state index in [4.69, 9.17) is 22.9 Å². The number of aliphatic hydroxyl groups excluding tert-OH is 1. The Kier molecular flexibility index (Phi) is 14.9.